The summed E-state index contributed by atoms with van der Waals surface area (Å²) < 4.78 is 0. The second-order valence-corrected chi connectivity index (χ2v) is 4.99. The molecule has 0 saturated carbocycles. The number of nitrogens with zero attached hydrogens (tertiary/aromatic N) is 1. The lowest BCUT2D eigenvalue weighted by atomic mass is 9.69. The molecule has 1 aliphatic rings. The number of imide groups is 2. The number of carbonyl (C=O) groups is 3. The summed E-state index contributed by atoms with van der Waals surface area (Å²) in [6.45, 7) is 5.81. The highest BCUT2D eigenvalue weighted by atomic mass is 16.2. The van der Waals surface area contributed by atoms with E-state index in [4.69, 9.17) is 0 Å². The molecule has 1 fully saturated rings. The smallest absolute Gasteiger partial charge is 0.277 e. The zero-order valence-electron chi connectivity index (χ0n) is 11.6. The first-order chi connectivity index (χ1) is 8.41. The van der Waals surface area contributed by atoms with Gasteiger partial charge in [0.1, 0.15) is 5.41 Å². The maximum absolute atomic E-state index is 12.3. The molecule has 0 aliphatic carbocycles. The molecule has 102 valence electrons. The van der Waals surface area contributed by atoms with Crippen LogP contribution in [0.2, 0.25) is 0 Å². The molecule has 1 aliphatic heterocycles. The molecule has 0 radical (unpaired) electrons. The van der Waals surface area contributed by atoms with Gasteiger partial charge in [0.05, 0.1) is 0 Å². The van der Waals surface area contributed by atoms with Gasteiger partial charge in [0, 0.05) is 7.05 Å². The summed E-state index contributed by atoms with van der Waals surface area (Å²) in [4.78, 5) is 36.9. The maximum Gasteiger partial charge on any atom is 0.330 e. The van der Waals surface area contributed by atoms with Crippen molar-refractivity contribution >= 4 is 17.8 Å². The van der Waals surface area contributed by atoms with E-state index < -0.39 is 17.4 Å². The summed E-state index contributed by atoms with van der Waals surface area (Å²) in [5.41, 5.74) is -1.09. The van der Waals surface area contributed by atoms with Gasteiger partial charge in [-0.3, -0.25) is 19.8 Å². The van der Waals surface area contributed by atoms with Crippen LogP contribution in [-0.4, -0.2) is 29.8 Å². The van der Waals surface area contributed by atoms with Crippen molar-refractivity contribution in [2.75, 3.05) is 7.05 Å². The molecule has 1 saturated heterocycles. The molecule has 1 rings (SSSR count). The summed E-state index contributed by atoms with van der Waals surface area (Å²) in [6.07, 6.45) is 3.22. The van der Waals surface area contributed by atoms with Gasteiger partial charge in [-0.05, 0) is 18.8 Å². The van der Waals surface area contributed by atoms with Crippen molar-refractivity contribution in [1.29, 1.82) is 0 Å². The molecule has 0 aromatic carbocycles. The van der Waals surface area contributed by atoms with Crippen LogP contribution in [0.4, 0.5) is 4.79 Å². The Morgan fingerprint density at radius 1 is 1.28 bits per heavy atom. The van der Waals surface area contributed by atoms with E-state index in [-0.39, 0.29) is 11.8 Å². The average molecular weight is 254 g/mol. The van der Waals surface area contributed by atoms with E-state index in [1.165, 1.54) is 7.05 Å². The van der Waals surface area contributed by atoms with Gasteiger partial charge in [-0.25, -0.2) is 4.79 Å². The van der Waals surface area contributed by atoms with E-state index >= 15 is 0 Å². The lowest BCUT2D eigenvalue weighted by Gasteiger charge is -2.41. The first kappa shape index (κ1) is 14.7. The van der Waals surface area contributed by atoms with Crippen molar-refractivity contribution in [1.82, 2.24) is 10.2 Å². The third kappa shape index (κ3) is 2.13. The molecule has 5 heteroatoms. The Balaban J connectivity index is 3.06. The van der Waals surface area contributed by atoms with Gasteiger partial charge in [0.2, 0.25) is 11.8 Å². The van der Waals surface area contributed by atoms with Crippen molar-refractivity contribution in [2.24, 2.45) is 11.3 Å². The summed E-state index contributed by atoms with van der Waals surface area (Å²) in [6, 6.07) is -0.628. The van der Waals surface area contributed by atoms with Gasteiger partial charge in [0.15, 0.2) is 0 Å². The number of hydrogen-bond acceptors (Lipinski definition) is 3. The van der Waals surface area contributed by atoms with Gasteiger partial charge < -0.3 is 0 Å². The Morgan fingerprint density at radius 2 is 1.89 bits per heavy atom. The highest BCUT2D eigenvalue weighted by Gasteiger charge is 2.54. The largest absolute Gasteiger partial charge is 0.330 e. The average Bonchev–Trinajstić information content (AvgIpc) is 2.34. The fourth-order valence-corrected chi connectivity index (χ4v) is 2.63. The van der Waals surface area contributed by atoms with Crippen molar-refractivity contribution in [3.63, 3.8) is 0 Å². The zero-order valence-corrected chi connectivity index (χ0v) is 11.6. The number of carbonyl (C=O) groups excluding carboxylic acids is 3. The van der Waals surface area contributed by atoms with Crippen molar-refractivity contribution in [3.8, 4) is 0 Å². The lowest BCUT2D eigenvalue weighted by molar-refractivity contribution is -0.155. The van der Waals surface area contributed by atoms with Crippen molar-refractivity contribution < 1.29 is 14.4 Å². The highest BCUT2D eigenvalue weighted by Crippen LogP contribution is 2.38. The van der Waals surface area contributed by atoms with E-state index in [1.54, 1.807) is 0 Å². The molecular formula is C13H22N2O3. The first-order valence-electron chi connectivity index (χ1n) is 6.55. The van der Waals surface area contributed by atoms with Gasteiger partial charge in [-0.15, -0.1) is 0 Å². The SMILES string of the molecule is CCCCC(C)C1(CC)C(=O)NC(=O)N(C)C1=O. The molecule has 18 heavy (non-hydrogen) atoms. The number of unbranched alkanes of at least 4 members (excludes halogenated alkanes) is 1. The van der Waals surface area contributed by atoms with Crippen LogP contribution in [0.25, 0.3) is 0 Å². The Hall–Kier alpha value is -1.39. The quantitative estimate of drug-likeness (QED) is 0.762. The molecular weight excluding hydrogens is 232 g/mol. The molecule has 0 aromatic rings. The third-order valence-electron chi connectivity index (χ3n) is 4.01. The Labute approximate surface area is 108 Å². The highest BCUT2D eigenvalue weighted by molar-refractivity contribution is 6.19. The van der Waals surface area contributed by atoms with Crippen LogP contribution < -0.4 is 5.32 Å². The van der Waals surface area contributed by atoms with E-state index in [0.29, 0.717) is 6.42 Å². The van der Waals surface area contributed by atoms with Gasteiger partial charge in [-0.1, -0.05) is 33.6 Å². The fraction of sp³-hybridized carbons (Fsp3) is 0.769. The van der Waals surface area contributed by atoms with E-state index in [9.17, 15) is 14.4 Å². The topological polar surface area (TPSA) is 66.5 Å². The zero-order chi connectivity index (χ0) is 13.9. The minimum Gasteiger partial charge on any atom is -0.277 e. The van der Waals surface area contributed by atoms with Gasteiger partial charge >= 0.3 is 6.03 Å². The third-order valence-corrected chi connectivity index (χ3v) is 4.01. The van der Waals surface area contributed by atoms with E-state index in [0.717, 1.165) is 24.2 Å². The first-order valence-corrected chi connectivity index (χ1v) is 6.55. The number of amides is 4. The minimum atomic E-state index is -1.09. The molecule has 0 bridgehead atoms. The number of nitrogens with one attached hydrogen (secondary N) is 1. The predicted molar refractivity (Wildman–Crippen MR) is 67.7 cm³/mol. The summed E-state index contributed by atoms with van der Waals surface area (Å²) in [5, 5.41) is 2.29. The Kier molecular flexibility index (Phi) is 4.48. The summed E-state index contributed by atoms with van der Waals surface area (Å²) in [5.74, 6) is -0.880. The number of rotatable bonds is 5. The fourth-order valence-electron chi connectivity index (χ4n) is 2.63. The number of barbiturate groups is 1. The second-order valence-electron chi connectivity index (χ2n) is 4.99. The monoisotopic (exact) mass is 254 g/mol. The van der Waals surface area contributed by atoms with Crippen LogP contribution in [-0.2, 0) is 9.59 Å². The molecule has 1 heterocycles. The van der Waals surface area contributed by atoms with Crippen LogP contribution in [0.3, 0.4) is 0 Å². The van der Waals surface area contributed by atoms with Crippen molar-refractivity contribution in [2.45, 2.75) is 46.5 Å². The molecule has 2 atom stereocenters. The summed E-state index contributed by atoms with van der Waals surface area (Å²) in [7, 11) is 1.42. The molecule has 4 amide bonds. The van der Waals surface area contributed by atoms with Crippen LogP contribution in [0.15, 0.2) is 0 Å². The molecule has 0 aromatic heterocycles. The lowest BCUT2D eigenvalue weighted by Crippen LogP contribution is -2.64. The van der Waals surface area contributed by atoms with E-state index in [2.05, 4.69) is 12.2 Å². The molecule has 5 nitrogen and oxygen atoms in total. The predicted octanol–water partition coefficient (Wildman–Crippen LogP) is 1.92. The van der Waals surface area contributed by atoms with Gasteiger partial charge in [-0.2, -0.15) is 0 Å². The van der Waals surface area contributed by atoms with Crippen LogP contribution in [0.1, 0.15) is 46.5 Å². The van der Waals surface area contributed by atoms with Crippen LogP contribution in [0.5, 0.6) is 0 Å². The molecule has 2 unspecified atom stereocenters. The van der Waals surface area contributed by atoms with Crippen LogP contribution >= 0.6 is 0 Å². The molecule has 0 spiro atoms. The number of urea groups is 1. The minimum absolute atomic E-state index is 0.0644. The normalized spacial score (nSPS) is 26.2. The van der Waals surface area contributed by atoms with E-state index in [1.807, 2.05) is 13.8 Å². The van der Waals surface area contributed by atoms with Crippen LogP contribution in [0, 0.1) is 11.3 Å². The van der Waals surface area contributed by atoms with Gasteiger partial charge in [0.25, 0.3) is 0 Å². The Morgan fingerprint density at radius 3 is 2.39 bits per heavy atom. The maximum atomic E-state index is 12.3. The second kappa shape index (κ2) is 5.50. The molecule has 1 N–H and O–H groups in total. The van der Waals surface area contributed by atoms with Crippen molar-refractivity contribution in [3.05, 3.63) is 0 Å². The Bertz CT molecular complexity index is 367. The standard InChI is InChI=1S/C13H22N2O3/c1-5-7-8-9(3)13(6-2)10(16)14-12(18)15(4)11(13)17/h9H,5-8H2,1-4H3,(H,14,16,18). The summed E-state index contributed by atoms with van der Waals surface area (Å²) >= 11 is 0. The number of hydrogen-bond donors (Lipinski definition) is 1.